The molecule has 0 radical (unpaired) electrons. The molecule has 2 aromatic rings. The van der Waals surface area contributed by atoms with Crippen molar-refractivity contribution in [2.45, 2.75) is 0 Å². The molecule has 1 aliphatic rings. The number of hydrogen-bond donors (Lipinski definition) is 2. The van der Waals surface area contributed by atoms with E-state index in [1.165, 1.54) is 0 Å². The van der Waals surface area contributed by atoms with Gasteiger partial charge in [0.15, 0.2) is 0 Å². The second-order valence-electron chi connectivity index (χ2n) is 5.00. The predicted octanol–water partition coefficient (Wildman–Crippen LogP) is 2.34. The summed E-state index contributed by atoms with van der Waals surface area (Å²) in [6, 6.07) is 2.31. The van der Waals surface area contributed by atoms with E-state index in [9.17, 15) is 40.0 Å². The van der Waals surface area contributed by atoms with Crippen LogP contribution in [0.4, 0.5) is 11.4 Å². The third-order valence-corrected chi connectivity index (χ3v) is 3.98. The Morgan fingerprint density at radius 3 is 1.92 bits per heavy atom. The Labute approximate surface area is 142 Å². The Morgan fingerprint density at radius 2 is 1.36 bits per heavy atom. The van der Waals surface area contributed by atoms with Gasteiger partial charge >= 0.3 is 0 Å². The largest absolute Gasteiger partial charge is 0.507 e. The van der Waals surface area contributed by atoms with Crippen LogP contribution in [-0.2, 0) is 0 Å². The molecular weight excluding hydrogens is 360 g/mol. The van der Waals surface area contributed by atoms with Crippen molar-refractivity contribution in [2.75, 3.05) is 0 Å². The minimum Gasteiger partial charge on any atom is -0.507 e. The second-order valence-corrected chi connectivity index (χ2v) is 5.41. The lowest BCUT2D eigenvalue weighted by atomic mass is 9.81. The molecule has 2 aromatic carbocycles. The van der Waals surface area contributed by atoms with Crippen LogP contribution in [0.2, 0.25) is 5.02 Å². The van der Waals surface area contributed by atoms with E-state index in [0.29, 0.717) is 6.07 Å². The molecule has 0 atom stereocenters. The number of halogens is 1. The number of ketones is 2. The van der Waals surface area contributed by atoms with Gasteiger partial charge in [-0.25, -0.2) is 0 Å². The topological polar surface area (TPSA) is 161 Å². The van der Waals surface area contributed by atoms with Gasteiger partial charge in [0.25, 0.3) is 11.4 Å². The first-order valence-electron chi connectivity index (χ1n) is 6.46. The van der Waals surface area contributed by atoms with E-state index in [4.69, 9.17) is 11.6 Å². The molecule has 3 rings (SSSR count). The second kappa shape index (κ2) is 5.24. The average molecular weight is 365 g/mol. The molecule has 126 valence electrons. The Morgan fingerprint density at radius 1 is 0.840 bits per heavy atom. The third-order valence-electron chi connectivity index (χ3n) is 3.70. The van der Waals surface area contributed by atoms with Crippen LogP contribution in [0, 0.1) is 20.2 Å². The SMILES string of the molecule is O=C1c2c(O)ccc([N+](=O)[O-])c2C(=O)c2c(O)c(Cl)cc([N+](=O)[O-])c21. The van der Waals surface area contributed by atoms with Crippen molar-refractivity contribution in [1.82, 2.24) is 0 Å². The zero-order valence-electron chi connectivity index (χ0n) is 11.8. The number of phenols is 2. The number of carbonyl (C=O) groups excluding carboxylic acids is 2. The van der Waals surface area contributed by atoms with Gasteiger partial charge in [-0.1, -0.05) is 11.6 Å². The van der Waals surface area contributed by atoms with Crippen molar-refractivity contribution in [3.63, 3.8) is 0 Å². The maximum atomic E-state index is 12.7. The minimum absolute atomic E-state index is 0.571. The quantitative estimate of drug-likeness (QED) is 0.517. The maximum absolute atomic E-state index is 12.7. The standard InChI is InChI=1S/C14H5ClN2O8/c15-4-3-6(17(24)25)9-11(12(4)19)14(21)8-5(16(22)23)1-2-7(18)10(8)13(9)20/h1-3,18-19H. The minimum atomic E-state index is -1.23. The molecule has 0 fully saturated rings. The van der Waals surface area contributed by atoms with Crippen LogP contribution in [0.1, 0.15) is 31.8 Å². The van der Waals surface area contributed by atoms with Crippen molar-refractivity contribution >= 4 is 34.5 Å². The van der Waals surface area contributed by atoms with Crippen molar-refractivity contribution in [3.05, 3.63) is 65.7 Å². The van der Waals surface area contributed by atoms with Crippen molar-refractivity contribution in [1.29, 1.82) is 0 Å². The smallest absolute Gasteiger partial charge is 0.283 e. The number of nitro benzene ring substituents is 2. The summed E-state index contributed by atoms with van der Waals surface area (Å²) >= 11 is 5.67. The van der Waals surface area contributed by atoms with Crippen LogP contribution in [0.25, 0.3) is 0 Å². The highest BCUT2D eigenvalue weighted by Crippen LogP contribution is 2.45. The van der Waals surface area contributed by atoms with Crippen molar-refractivity contribution in [2.24, 2.45) is 0 Å². The van der Waals surface area contributed by atoms with Gasteiger partial charge in [-0.15, -0.1) is 0 Å². The molecule has 0 saturated heterocycles. The summed E-state index contributed by atoms with van der Waals surface area (Å²) in [5, 5.41) is 41.6. The van der Waals surface area contributed by atoms with Gasteiger partial charge in [-0.05, 0) is 6.07 Å². The maximum Gasteiger partial charge on any atom is 0.283 e. The number of rotatable bonds is 2. The summed E-state index contributed by atoms with van der Waals surface area (Å²) in [4.78, 5) is 45.7. The van der Waals surface area contributed by atoms with E-state index in [2.05, 4.69) is 0 Å². The number of nitro groups is 2. The molecule has 0 bridgehead atoms. The molecule has 0 unspecified atom stereocenters. The number of hydrogen-bond acceptors (Lipinski definition) is 8. The molecule has 0 aromatic heterocycles. The van der Waals surface area contributed by atoms with Crippen LogP contribution < -0.4 is 0 Å². The molecule has 1 aliphatic carbocycles. The van der Waals surface area contributed by atoms with Crippen molar-refractivity contribution in [3.8, 4) is 11.5 Å². The van der Waals surface area contributed by atoms with E-state index in [0.717, 1.165) is 12.1 Å². The van der Waals surface area contributed by atoms with Crippen LogP contribution in [0.5, 0.6) is 11.5 Å². The summed E-state index contributed by atoms with van der Waals surface area (Å²) in [6.07, 6.45) is 0. The number of nitrogens with zero attached hydrogens (tertiary/aromatic N) is 2. The van der Waals surface area contributed by atoms with E-state index in [1.54, 1.807) is 0 Å². The number of aromatic hydroxyl groups is 2. The molecule has 25 heavy (non-hydrogen) atoms. The Balaban J connectivity index is 2.51. The molecule has 0 heterocycles. The Kier molecular flexibility index (Phi) is 3.43. The van der Waals surface area contributed by atoms with E-state index >= 15 is 0 Å². The first-order chi connectivity index (χ1) is 11.7. The molecule has 0 amide bonds. The fourth-order valence-corrected chi connectivity index (χ4v) is 2.86. The number of benzene rings is 2. The average Bonchev–Trinajstić information content (AvgIpc) is 2.53. The molecule has 11 heteroatoms. The molecule has 10 nitrogen and oxygen atoms in total. The van der Waals surface area contributed by atoms with E-state index < -0.39 is 71.6 Å². The molecule has 0 spiro atoms. The summed E-state index contributed by atoms with van der Waals surface area (Å²) in [7, 11) is 0. The summed E-state index contributed by atoms with van der Waals surface area (Å²) in [5.41, 5.74) is -4.77. The highest BCUT2D eigenvalue weighted by molar-refractivity contribution is 6.37. The molecule has 0 saturated carbocycles. The van der Waals surface area contributed by atoms with Crippen LogP contribution in [-0.4, -0.2) is 31.6 Å². The third kappa shape index (κ3) is 2.11. The van der Waals surface area contributed by atoms with Crippen molar-refractivity contribution < 1.29 is 29.6 Å². The molecule has 2 N–H and O–H groups in total. The highest BCUT2D eigenvalue weighted by Gasteiger charge is 2.44. The predicted molar refractivity (Wildman–Crippen MR) is 81.4 cm³/mol. The number of phenolic OH excluding ortho intramolecular Hbond substituents is 2. The molecule has 0 aliphatic heterocycles. The van der Waals surface area contributed by atoms with Gasteiger partial charge in [-0.2, -0.15) is 0 Å². The Bertz CT molecular complexity index is 1030. The van der Waals surface area contributed by atoms with Gasteiger partial charge in [0, 0.05) is 12.1 Å². The zero-order chi connectivity index (χ0) is 18.6. The van der Waals surface area contributed by atoms with Gasteiger partial charge < -0.3 is 10.2 Å². The Hall–Kier alpha value is -3.53. The highest BCUT2D eigenvalue weighted by atomic mass is 35.5. The number of fused-ring (bicyclic) bond motifs is 2. The van der Waals surface area contributed by atoms with Crippen LogP contribution in [0.3, 0.4) is 0 Å². The van der Waals surface area contributed by atoms with Crippen LogP contribution >= 0.6 is 11.6 Å². The lowest BCUT2D eigenvalue weighted by Gasteiger charge is -2.19. The summed E-state index contributed by atoms with van der Waals surface area (Å²) in [6.45, 7) is 0. The fourth-order valence-electron chi connectivity index (χ4n) is 2.66. The molecular formula is C14H5ClN2O8. The van der Waals surface area contributed by atoms with Gasteiger partial charge in [0.2, 0.25) is 11.6 Å². The summed E-state index contributed by atoms with van der Waals surface area (Å²) in [5.74, 6) is -4.10. The first kappa shape index (κ1) is 16.3. The van der Waals surface area contributed by atoms with Gasteiger partial charge in [-0.3, -0.25) is 29.8 Å². The van der Waals surface area contributed by atoms with E-state index in [1.807, 2.05) is 0 Å². The van der Waals surface area contributed by atoms with Gasteiger partial charge in [0.1, 0.15) is 22.6 Å². The normalized spacial score (nSPS) is 12.5. The summed E-state index contributed by atoms with van der Waals surface area (Å²) < 4.78 is 0. The van der Waals surface area contributed by atoms with E-state index in [-0.39, 0.29) is 0 Å². The lowest BCUT2D eigenvalue weighted by molar-refractivity contribution is -0.385. The van der Waals surface area contributed by atoms with Gasteiger partial charge in [0.05, 0.1) is 26.0 Å². The first-order valence-corrected chi connectivity index (χ1v) is 6.84. The number of carbonyl (C=O) groups is 2. The van der Waals surface area contributed by atoms with Crippen LogP contribution in [0.15, 0.2) is 18.2 Å². The fraction of sp³-hybridized carbons (Fsp3) is 0. The monoisotopic (exact) mass is 364 g/mol. The zero-order valence-corrected chi connectivity index (χ0v) is 12.6. The lowest BCUT2D eigenvalue weighted by Crippen LogP contribution is -2.24.